The van der Waals surface area contributed by atoms with Crippen LogP contribution in [0.15, 0.2) is 108 Å². The SMILES string of the molecule is COC(=O)C1=C(C(=O)OC)C(/C=C/c2ccccc2)(c2ccccc2)N(Cc2ccccc2)O1. The van der Waals surface area contributed by atoms with Crippen LogP contribution >= 0.6 is 0 Å². The highest BCUT2D eigenvalue weighted by Gasteiger charge is 2.54. The molecule has 6 heteroatoms. The minimum Gasteiger partial charge on any atom is -0.465 e. The lowest BCUT2D eigenvalue weighted by Crippen LogP contribution is -2.43. The lowest BCUT2D eigenvalue weighted by Gasteiger charge is -2.35. The van der Waals surface area contributed by atoms with Crippen LogP contribution in [0.3, 0.4) is 0 Å². The molecule has 1 aliphatic heterocycles. The quantitative estimate of drug-likeness (QED) is 0.484. The maximum atomic E-state index is 13.2. The van der Waals surface area contributed by atoms with Crippen molar-refractivity contribution in [2.24, 2.45) is 0 Å². The molecule has 0 aromatic heterocycles. The number of benzene rings is 3. The Balaban J connectivity index is 1.98. The molecule has 0 amide bonds. The molecule has 3 aromatic carbocycles. The molecule has 172 valence electrons. The second-order valence-electron chi connectivity index (χ2n) is 7.68. The van der Waals surface area contributed by atoms with E-state index in [4.69, 9.17) is 14.3 Å². The Hall–Kier alpha value is -4.16. The number of hydrogen-bond donors (Lipinski definition) is 0. The molecule has 6 nitrogen and oxygen atoms in total. The van der Waals surface area contributed by atoms with Crippen molar-refractivity contribution in [1.29, 1.82) is 0 Å². The van der Waals surface area contributed by atoms with Crippen molar-refractivity contribution in [2.45, 2.75) is 12.1 Å². The first-order chi connectivity index (χ1) is 16.6. The van der Waals surface area contributed by atoms with Gasteiger partial charge in [-0.25, -0.2) is 9.59 Å². The number of rotatable bonds is 7. The zero-order chi connectivity index (χ0) is 24.0. The summed E-state index contributed by atoms with van der Waals surface area (Å²) in [6.07, 6.45) is 3.76. The Morgan fingerprint density at radius 2 is 1.38 bits per heavy atom. The van der Waals surface area contributed by atoms with Crippen LogP contribution in [-0.4, -0.2) is 31.2 Å². The van der Waals surface area contributed by atoms with E-state index in [1.807, 2.05) is 103 Å². The van der Waals surface area contributed by atoms with E-state index in [-0.39, 0.29) is 17.9 Å². The van der Waals surface area contributed by atoms with Gasteiger partial charge < -0.3 is 14.3 Å². The van der Waals surface area contributed by atoms with E-state index in [9.17, 15) is 9.59 Å². The predicted molar refractivity (Wildman–Crippen MR) is 128 cm³/mol. The third-order valence-electron chi connectivity index (χ3n) is 5.66. The minimum atomic E-state index is -1.26. The van der Waals surface area contributed by atoms with E-state index in [0.717, 1.165) is 16.7 Å². The van der Waals surface area contributed by atoms with Crippen molar-refractivity contribution in [1.82, 2.24) is 5.06 Å². The summed E-state index contributed by atoms with van der Waals surface area (Å²) in [7, 11) is 2.53. The summed E-state index contributed by atoms with van der Waals surface area (Å²) in [5.74, 6) is -1.64. The van der Waals surface area contributed by atoms with E-state index < -0.39 is 17.5 Å². The number of hydroxylamine groups is 2. The second kappa shape index (κ2) is 10.2. The zero-order valence-corrected chi connectivity index (χ0v) is 19.0. The largest absolute Gasteiger partial charge is 0.465 e. The molecule has 0 fully saturated rings. The Bertz CT molecular complexity index is 1210. The van der Waals surface area contributed by atoms with Gasteiger partial charge >= 0.3 is 11.9 Å². The van der Waals surface area contributed by atoms with Crippen molar-refractivity contribution in [3.63, 3.8) is 0 Å². The van der Waals surface area contributed by atoms with Crippen molar-refractivity contribution >= 4 is 18.0 Å². The Labute approximate surface area is 198 Å². The highest BCUT2D eigenvalue weighted by molar-refractivity contribution is 6.02. The smallest absolute Gasteiger partial charge is 0.376 e. The molecule has 0 aliphatic carbocycles. The Morgan fingerprint density at radius 3 is 1.97 bits per heavy atom. The first-order valence-electron chi connectivity index (χ1n) is 10.8. The van der Waals surface area contributed by atoms with E-state index in [1.165, 1.54) is 14.2 Å². The number of ether oxygens (including phenoxy) is 2. The summed E-state index contributed by atoms with van der Waals surface area (Å²) in [6.45, 7) is 0.288. The topological polar surface area (TPSA) is 65.1 Å². The van der Waals surface area contributed by atoms with Crippen LogP contribution in [0, 0.1) is 0 Å². The molecule has 0 radical (unpaired) electrons. The molecule has 0 bridgehead atoms. The molecule has 0 N–H and O–H groups in total. The van der Waals surface area contributed by atoms with Gasteiger partial charge in [0.1, 0.15) is 11.1 Å². The fourth-order valence-electron chi connectivity index (χ4n) is 4.04. The highest BCUT2D eigenvalue weighted by atomic mass is 16.7. The van der Waals surface area contributed by atoms with Gasteiger partial charge in [-0.05, 0) is 16.7 Å². The summed E-state index contributed by atoms with van der Waals surface area (Å²) < 4.78 is 10.1. The molecule has 1 heterocycles. The second-order valence-corrected chi connectivity index (χ2v) is 7.68. The lowest BCUT2D eigenvalue weighted by atomic mass is 9.80. The number of nitrogens with zero attached hydrogens (tertiary/aromatic N) is 1. The van der Waals surface area contributed by atoms with Crippen molar-refractivity contribution in [3.8, 4) is 0 Å². The molecular weight excluding hydrogens is 430 g/mol. The fraction of sp³-hybridized carbons (Fsp3) is 0.143. The molecule has 0 spiro atoms. The standard InChI is InChI=1S/C28H25NO5/c1-32-26(30)24-25(27(31)33-2)34-29(20-22-14-8-4-9-15-22)28(24,23-16-10-5-11-17-23)19-18-21-12-6-3-7-13-21/h3-19H,20H2,1-2H3/b19-18+. The van der Waals surface area contributed by atoms with Crippen LogP contribution in [-0.2, 0) is 36.0 Å². The van der Waals surface area contributed by atoms with Crippen LogP contribution < -0.4 is 0 Å². The normalized spacial score (nSPS) is 18.1. The molecule has 1 aliphatic rings. The Kier molecular flexibility index (Phi) is 6.90. The maximum Gasteiger partial charge on any atom is 0.376 e. The van der Waals surface area contributed by atoms with Gasteiger partial charge in [-0.2, -0.15) is 0 Å². The van der Waals surface area contributed by atoms with Crippen LogP contribution in [0.2, 0.25) is 0 Å². The Morgan fingerprint density at radius 1 is 0.824 bits per heavy atom. The predicted octanol–water partition coefficient (Wildman–Crippen LogP) is 4.64. The van der Waals surface area contributed by atoms with Crippen molar-refractivity contribution < 1.29 is 23.9 Å². The zero-order valence-electron chi connectivity index (χ0n) is 19.0. The van der Waals surface area contributed by atoms with Crippen molar-refractivity contribution in [3.05, 3.63) is 125 Å². The molecule has 1 unspecified atom stereocenters. The molecule has 3 aromatic rings. The monoisotopic (exact) mass is 455 g/mol. The number of esters is 2. The van der Waals surface area contributed by atoms with E-state index in [0.29, 0.717) is 0 Å². The molecule has 4 rings (SSSR count). The number of carbonyl (C=O) groups excluding carboxylic acids is 2. The molecular formula is C28H25NO5. The summed E-state index contributed by atoms with van der Waals surface area (Å²) in [4.78, 5) is 32.1. The first-order valence-corrected chi connectivity index (χ1v) is 10.8. The van der Waals surface area contributed by atoms with Crippen LogP contribution in [0.25, 0.3) is 6.08 Å². The molecule has 1 atom stereocenters. The van der Waals surface area contributed by atoms with Gasteiger partial charge in [0.2, 0.25) is 5.76 Å². The fourth-order valence-corrected chi connectivity index (χ4v) is 4.04. The molecule has 0 saturated carbocycles. The third kappa shape index (κ3) is 4.36. The van der Waals surface area contributed by atoms with Crippen LogP contribution in [0.4, 0.5) is 0 Å². The number of carbonyl (C=O) groups is 2. The maximum absolute atomic E-state index is 13.2. The summed E-state index contributed by atoms with van der Waals surface area (Å²) >= 11 is 0. The average molecular weight is 456 g/mol. The highest BCUT2D eigenvalue weighted by Crippen LogP contribution is 2.47. The van der Waals surface area contributed by atoms with Gasteiger partial charge in [0, 0.05) is 0 Å². The van der Waals surface area contributed by atoms with E-state index in [1.54, 1.807) is 5.06 Å². The van der Waals surface area contributed by atoms with Gasteiger partial charge in [-0.1, -0.05) is 103 Å². The van der Waals surface area contributed by atoms with Gasteiger partial charge in [-0.15, -0.1) is 5.06 Å². The van der Waals surface area contributed by atoms with Crippen LogP contribution in [0.5, 0.6) is 0 Å². The van der Waals surface area contributed by atoms with E-state index in [2.05, 4.69) is 0 Å². The van der Waals surface area contributed by atoms with E-state index >= 15 is 0 Å². The van der Waals surface area contributed by atoms with Gasteiger partial charge in [0.25, 0.3) is 0 Å². The van der Waals surface area contributed by atoms with Crippen LogP contribution in [0.1, 0.15) is 16.7 Å². The summed E-state index contributed by atoms with van der Waals surface area (Å²) in [5.41, 5.74) is 1.39. The average Bonchev–Trinajstić information content (AvgIpc) is 3.23. The number of methoxy groups -OCH3 is 2. The van der Waals surface area contributed by atoms with Gasteiger partial charge in [0.05, 0.1) is 20.8 Å². The van der Waals surface area contributed by atoms with Gasteiger partial charge in [-0.3, -0.25) is 0 Å². The summed E-state index contributed by atoms with van der Waals surface area (Å²) in [6, 6.07) is 28.8. The lowest BCUT2D eigenvalue weighted by molar-refractivity contribution is -0.171. The molecule has 0 saturated heterocycles. The van der Waals surface area contributed by atoms with Crippen molar-refractivity contribution in [2.75, 3.05) is 14.2 Å². The summed E-state index contributed by atoms with van der Waals surface area (Å²) in [5, 5.41) is 1.62. The first kappa shape index (κ1) is 23.0. The van der Waals surface area contributed by atoms with Gasteiger partial charge in [0.15, 0.2) is 0 Å². The third-order valence-corrected chi connectivity index (χ3v) is 5.66. The molecule has 34 heavy (non-hydrogen) atoms. The number of hydrogen-bond acceptors (Lipinski definition) is 6. The minimum absolute atomic E-state index is 0.0520.